The van der Waals surface area contributed by atoms with Crippen molar-refractivity contribution in [3.05, 3.63) is 34.0 Å². The van der Waals surface area contributed by atoms with Gasteiger partial charge in [-0.3, -0.25) is 14.9 Å². The highest BCUT2D eigenvalue weighted by molar-refractivity contribution is 6.22. The van der Waals surface area contributed by atoms with Crippen LogP contribution in [-0.4, -0.2) is 45.1 Å². The fourth-order valence-electron chi connectivity index (χ4n) is 2.81. The Labute approximate surface area is 158 Å². The fourth-order valence-corrected chi connectivity index (χ4v) is 2.81. The predicted molar refractivity (Wildman–Crippen MR) is 107 cm³/mol. The number of aliphatic imine (C=N–C) groups is 1. The number of ether oxygens (including phenoxy) is 1. The van der Waals surface area contributed by atoms with Gasteiger partial charge in [-0.1, -0.05) is 0 Å². The molecule has 0 unspecified atom stereocenters. The minimum Gasteiger partial charge on any atom is -0.489 e. The van der Waals surface area contributed by atoms with Crippen LogP contribution in [0.5, 0.6) is 0 Å². The minimum atomic E-state index is -0.213. The van der Waals surface area contributed by atoms with Gasteiger partial charge in [0.1, 0.15) is 12.4 Å². The van der Waals surface area contributed by atoms with E-state index in [0.717, 1.165) is 0 Å². The fraction of sp³-hybridized carbons (Fsp3) is 0.500. The second-order valence-corrected chi connectivity index (χ2v) is 6.32. The van der Waals surface area contributed by atoms with Gasteiger partial charge in [0.15, 0.2) is 11.5 Å². The number of aromatic nitrogens is 2. The van der Waals surface area contributed by atoms with Crippen LogP contribution in [-0.2, 0) is 17.8 Å². The number of hydrogen-bond acceptors (Lipinski definition) is 7. The van der Waals surface area contributed by atoms with E-state index in [0.29, 0.717) is 24.6 Å². The highest BCUT2D eigenvalue weighted by atomic mass is 16.5. The molecule has 0 saturated carbocycles. The zero-order chi connectivity index (χ0) is 20.1. The van der Waals surface area contributed by atoms with E-state index in [1.54, 1.807) is 4.68 Å². The predicted octanol–water partition coefficient (Wildman–Crippen LogP) is 1.35. The van der Waals surface area contributed by atoms with Crippen LogP contribution in [0.15, 0.2) is 33.4 Å². The first-order valence-corrected chi connectivity index (χ1v) is 9.04. The smallest absolute Gasteiger partial charge is 0.294 e. The second kappa shape index (κ2) is 8.72. The number of nitrogens with one attached hydrogen (secondary N) is 2. The molecule has 0 radical (unpaired) electrons. The van der Waals surface area contributed by atoms with Gasteiger partial charge in [-0.15, -0.1) is 0 Å². The molecule has 1 aliphatic carbocycles. The van der Waals surface area contributed by atoms with Gasteiger partial charge >= 0.3 is 0 Å². The summed E-state index contributed by atoms with van der Waals surface area (Å²) >= 11 is 0. The van der Waals surface area contributed by atoms with Gasteiger partial charge < -0.3 is 20.9 Å². The average Bonchev–Trinajstić information content (AvgIpc) is 2.86. The van der Waals surface area contributed by atoms with Crippen LogP contribution >= 0.6 is 0 Å². The topological polar surface area (TPSA) is 131 Å². The van der Waals surface area contributed by atoms with Crippen molar-refractivity contribution < 1.29 is 9.84 Å². The first-order valence-electron chi connectivity index (χ1n) is 9.04. The maximum Gasteiger partial charge on any atom is 0.294 e. The lowest BCUT2D eigenvalue weighted by molar-refractivity contribution is 0.156. The summed E-state index contributed by atoms with van der Waals surface area (Å²) in [6.07, 6.45) is 2.95. The van der Waals surface area contributed by atoms with E-state index < -0.39 is 0 Å². The Morgan fingerprint density at radius 2 is 1.96 bits per heavy atom. The molecule has 1 aromatic rings. The van der Waals surface area contributed by atoms with E-state index in [1.807, 2.05) is 32.4 Å². The van der Waals surface area contributed by atoms with Crippen LogP contribution in [0.4, 0.5) is 11.5 Å². The minimum absolute atomic E-state index is 0.0598. The summed E-state index contributed by atoms with van der Waals surface area (Å²) in [6, 6.07) is 0.111. The molecule has 0 amide bonds. The molecule has 0 aliphatic heterocycles. The molecular formula is C18H28N6O3. The number of hydrogen-bond donors (Lipinski definition) is 4. The zero-order valence-electron chi connectivity index (χ0n) is 16.2. The molecule has 0 spiro atoms. The van der Waals surface area contributed by atoms with E-state index >= 15 is 0 Å². The summed E-state index contributed by atoms with van der Waals surface area (Å²) < 4.78 is 8.85. The number of nitrogens with zero attached hydrogens (tertiary/aromatic N) is 3. The molecule has 9 nitrogen and oxygen atoms in total. The average molecular weight is 376 g/mol. The quantitative estimate of drug-likeness (QED) is 0.509. The molecule has 2 rings (SSSR count). The van der Waals surface area contributed by atoms with Crippen LogP contribution in [0.1, 0.15) is 27.7 Å². The van der Waals surface area contributed by atoms with Crippen LogP contribution in [0, 0.1) is 5.41 Å². The maximum atomic E-state index is 12.9. The molecule has 148 valence electrons. The Morgan fingerprint density at radius 1 is 1.30 bits per heavy atom. The highest BCUT2D eigenvalue weighted by Crippen LogP contribution is 2.25. The van der Waals surface area contributed by atoms with Crippen molar-refractivity contribution >= 4 is 22.9 Å². The molecule has 0 aromatic carbocycles. The van der Waals surface area contributed by atoms with E-state index in [4.69, 9.17) is 21.0 Å². The molecule has 1 heterocycles. The van der Waals surface area contributed by atoms with Crippen LogP contribution in [0.2, 0.25) is 0 Å². The molecule has 0 fully saturated rings. The monoisotopic (exact) mass is 376 g/mol. The summed E-state index contributed by atoms with van der Waals surface area (Å²) in [5, 5.41) is 20.2. The third-order valence-corrected chi connectivity index (χ3v) is 3.95. The third kappa shape index (κ3) is 4.30. The largest absolute Gasteiger partial charge is 0.489 e. The maximum absolute atomic E-state index is 12.9. The zero-order valence-corrected chi connectivity index (χ0v) is 16.2. The lowest BCUT2D eigenvalue weighted by atomic mass is 10.1. The molecule has 5 N–H and O–H groups in total. The van der Waals surface area contributed by atoms with Gasteiger partial charge in [0, 0.05) is 25.2 Å². The lowest BCUT2D eigenvalue weighted by Gasteiger charge is -2.16. The van der Waals surface area contributed by atoms with Gasteiger partial charge in [-0.2, -0.15) is 0 Å². The van der Waals surface area contributed by atoms with Crippen molar-refractivity contribution in [2.75, 3.05) is 18.5 Å². The standard InChI is InChI=1S/C18H28N6O3/c1-5-23-17(21-11(3)4)16(18(26)24(23)6-2)22-14-10-15(27-8-7-25)13(20)9-12(14)19/h9-11,20-21,25H,5-8,19H2,1-4H3/b20-13?,22-14-. The van der Waals surface area contributed by atoms with Crippen molar-refractivity contribution in [1.82, 2.24) is 9.36 Å². The Morgan fingerprint density at radius 3 is 2.52 bits per heavy atom. The third-order valence-electron chi connectivity index (χ3n) is 3.95. The summed E-state index contributed by atoms with van der Waals surface area (Å²) in [5.74, 6) is 0.882. The van der Waals surface area contributed by atoms with Crippen LogP contribution < -0.4 is 16.6 Å². The van der Waals surface area contributed by atoms with Gasteiger partial charge in [0.25, 0.3) is 5.56 Å². The molecule has 0 bridgehead atoms. The van der Waals surface area contributed by atoms with Crippen molar-refractivity contribution in [1.29, 1.82) is 5.41 Å². The summed E-state index contributed by atoms with van der Waals surface area (Å²) in [6.45, 7) is 8.86. The van der Waals surface area contributed by atoms with Gasteiger partial charge in [-0.25, -0.2) is 9.67 Å². The summed E-state index contributed by atoms with van der Waals surface area (Å²) in [7, 11) is 0. The molecule has 1 aliphatic rings. The summed E-state index contributed by atoms with van der Waals surface area (Å²) in [5.41, 5.74) is 6.80. The Balaban J connectivity index is 2.61. The van der Waals surface area contributed by atoms with Crippen molar-refractivity contribution in [2.45, 2.75) is 46.8 Å². The number of anilines is 1. The Bertz CT molecular complexity index is 857. The summed E-state index contributed by atoms with van der Waals surface area (Å²) in [4.78, 5) is 17.4. The van der Waals surface area contributed by atoms with Gasteiger partial charge in [0.05, 0.1) is 23.7 Å². The van der Waals surface area contributed by atoms with Crippen molar-refractivity contribution in [2.24, 2.45) is 10.7 Å². The van der Waals surface area contributed by atoms with Gasteiger partial charge in [0.2, 0.25) is 0 Å². The molecule has 0 saturated heterocycles. The SMILES string of the molecule is CCn1c(NC(C)C)c(/N=C2/C=C(OCCO)C(=N)C=C2N)c(=O)n1CC. The molecular weight excluding hydrogens is 348 g/mol. The van der Waals surface area contributed by atoms with Gasteiger partial charge in [-0.05, 0) is 33.8 Å². The number of nitrogens with two attached hydrogens (primary N) is 1. The van der Waals surface area contributed by atoms with E-state index in [9.17, 15) is 4.79 Å². The number of aliphatic hydroxyl groups excluding tert-OH is 1. The van der Waals surface area contributed by atoms with Crippen LogP contribution in [0.3, 0.4) is 0 Å². The highest BCUT2D eigenvalue weighted by Gasteiger charge is 2.22. The van der Waals surface area contributed by atoms with E-state index in [1.165, 1.54) is 12.2 Å². The molecule has 1 aromatic heterocycles. The van der Waals surface area contributed by atoms with Crippen molar-refractivity contribution in [3.63, 3.8) is 0 Å². The molecule has 0 atom stereocenters. The normalized spacial score (nSPS) is 15.9. The first kappa shape index (κ1) is 20.5. The Kier molecular flexibility index (Phi) is 6.62. The second-order valence-electron chi connectivity index (χ2n) is 6.32. The number of allylic oxidation sites excluding steroid dienone is 2. The van der Waals surface area contributed by atoms with Crippen LogP contribution in [0.25, 0.3) is 0 Å². The van der Waals surface area contributed by atoms with E-state index in [-0.39, 0.29) is 47.7 Å². The van der Waals surface area contributed by atoms with E-state index in [2.05, 4.69) is 10.3 Å². The number of rotatable bonds is 8. The Hall–Kier alpha value is -2.81. The van der Waals surface area contributed by atoms with Crippen molar-refractivity contribution in [3.8, 4) is 0 Å². The molecule has 9 heteroatoms. The number of aliphatic hydroxyl groups is 1. The molecule has 27 heavy (non-hydrogen) atoms. The first-order chi connectivity index (χ1) is 12.8. The lowest BCUT2D eigenvalue weighted by Crippen LogP contribution is -2.23.